The first-order valence-electron chi connectivity index (χ1n) is 8.39. The number of rotatable bonds is 3. The Labute approximate surface area is 143 Å². The molecule has 0 bridgehead atoms. The first-order chi connectivity index (χ1) is 11.5. The highest BCUT2D eigenvalue weighted by Gasteiger charge is 2.37. The number of ether oxygens (including phenoxy) is 3. The third-order valence-electron chi connectivity index (χ3n) is 5.11. The number of carbonyl (C=O) groups is 1. The minimum absolute atomic E-state index is 0.0471. The van der Waals surface area contributed by atoms with Crippen molar-refractivity contribution < 1.29 is 19.0 Å². The molecule has 2 heterocycles. The molecule has 0 unspecified atom stereocenters. The number of likely N-dealkylation sites (N-methyl/N-ethyl adjacent to an activating group) is 1. The Bertz CT molecular complexity index is 619. The van der Waals surface area contributed by atoms with Crippen molar-refractivity contribution >= 4 is 5.91 Å². The van der Waals surface area contributed by atoms with Crippen molar-refractivity contribution in [3.63, 3.8) is 0 Å². The van der Waals surface area contributed by atoms with Crippen LogP contribution in [0.5, 0.6) is 11.5 Å². The fraction of sp³-hybridized carbons (Fsp3) is 0.611. The average molecular weight is 334 g/mol. The van der Waals surface area contributed by atoms with Gasteiger partial charge in [-0.15, -0.1) is 0 Å². The van der Waals surface area contributed by atoms with Gasteiger partial charge in [0.1, 0.15) is 0 Å². The fourth-order valence-electron chi connectivity index (χ4n) is 3.61. The van der Waals surface area contributed by atoms with Crippen LogP contribution in [0.2, 0.25) is 0 Å². The molecule has 6 nitrogen and oxygen atoms in total. The largest absolute Gasteiger partial charge is 0.493 e. The lowest BCUT2D eigenvalue weighted by atomic mass is 9.97. The second-order valence-electron chi connectivity index (χ2n) is 6.52. The number of hydrogen-bond donors (Lipinski definition) is 0. The number of likely N-dealkylation sites (tertiary alicyclic amines) is 1. The molecule has 1 amide bonds. The standard InChI is InChI=1S/C18H26N2O4/c1-12-9-16(22-3)17(23-4)10-13(12)18(21)20-6-5-15-14(11-20)19(2)7-8-24-15/h9-10,14-15H,5-8,11H2,1-4H3/t14-,15-/m0/s1. The third-order valence-corrected chi connectivity index (χ3v) is 5.11. The summed E-state index contributed by atoms with van der Waals surface area (Å²) in [6.45, 7) is 5.05. The van der Waals surface area contributed by atoms with Crippen LogP contribution < -0.4 is 9.47 Å². The van der Waals surface area contributed by atoms with E-state index in [0.29, 0.717) is 23.6 Å². The predicted molar refractivity (Wildman–Crippen MR) is 91.0 cm³/mol. The molecule has 6 heteroatoms. The topological polar surface area (TPSA) is 51.2 Å². The Morgan fingerprint density at radius 2 is 1.92 bits per heavy atom. The van der Waals surface area contributed by atoms with E-state index in [1.807, 2.05) is 17.9 Å². The third kappa shape index (κ3) is 3.08. The molecular weight excluding hydrogens is 308 g/mol. The summed E-state index contributed by atoms with van der Waals surface area (Å²) in [7, 11) is 5.29. The Hall–Kier alpha value is -1.79. The Balaban J connectivity index is 1.81. The first kappa shape index (κ1) is 17.0. The normalized spacial score (nSPS) is 24.4. The number of amides is 1. The van der Waals surface area contributed by atoms with Gasteiger partial charge < -0.3 is 19.1 Å². The maximum Gasteiger partial charge on any atom is 0.254 e. The van der Waals surface area contributed by atoms with E-state index in [0.717, 1.165) is 31.7 Å². The molecule has 1 aromatic rings. The number of piperidine rings is 1. The summed E-state index contributed by atoms with van der Waals surface area (Å²) < 4.78 is 16.5. The lowest BCUT2D eigenvalue weighted by Gasteiger charge is -2.45. The molecule has 0 saturated carbocycles. The van der Waals surface area contributed by atoms with Crippen LogP contribution in [-0.4, -0.2) is 75.4 Å². The van der Waals surface area contributed by atoms with Crippen molar-refractivity contribution in [3.05, 3.63) is 23.3 Å². The minimum atomic E-state index is 0.0471. The lowest BCUT2D eigenvalue weighted by Crippen LogP contribution is -2.59. The first-order valence-corrected chi connectivity index (χ1v) is 8.39. The summed E-state index contributed by atoms with van der Waals surface area (Å²) in [6, 6.07) is 3.91. The van der Waals surface area contributed by atoms with E-state index in [9.17, 15) is 4.79 Å². The highest BCUT2D eigenvalue weighted by Crippen LogP contribution is 2.31. The molecule has 2 atom stereocenters. The number of fused-ring (bicyclic) bond motifs is 1. The van der Waals surface area contributed by atoms with Gasteiger partial charge in [-0.05, 0) is 38.1 Å². The summed E-state index contributed by atoms with van der Waals surface area (Å²) in [5, 5.41) is 0. The van der Waals surface area contributed by atoms with Crippen molar-refractivity contribution in [2.75, 3.05) is 47.5 Å². The highest BCUT2D eigenvalue weighted by molar-refractivity contribution is 5.96. The number of hydrogen-bond acceptors (Lipinski definition) is 5. The van der Waals surface area contributed by atoms with Crippen LogP contribution in [0, 0.1) is 6.92 Å². The quantitative estimate of drug-likeness (QED) is 0.840. The molecular formula is C18H26N2O4. The summed E-state index contributed by atoms with van der Waals surface area (Å²) in [5.41, 5.74) is 1.57. The van der Waals surface area contributed by atoms with Gasteiger partial charge in [0.2, 0.25) is 0 Å². The highest BCUT2D eigenvalue weighted by atomic mass is 16.5. The SMILES string of the molecule is COc1cc(C)c(C(=O)N2CC[C@@H]3OCCN(C)[C@H]3C2)cc1OC. The van der Waals surface area contributed by atoms with Gasteiger partial charge in [0.25, 0.3) is 5.91 Å². The molecule has 2 saturated heterocycles. The van der Waals surface area contributed by atoms with Gasteiger partial charge in [0.05, 0.1) is 33.0 Å². The summed E-state index contributed by atoms with van der Waals surface area (Å²) in [4.78, 5) is 17.3. The lowest BCUT2D eigenvalue weighted by molar-refractivity contribution is -0.0893. The van der Waals surface area contributed by atoms with E-state index >= 15 is 0 Å². The number of carbonyl (C=O) groups excluding carboxylic acids is 1. The smallest absolute Gasteiger partial charge is 0.254 e. The Kier molecular flexibility index (Phi) is 4.96. The molecule has 0 aliphatic carbocycles. The van der Waals surface area contributed by atoms with Crippen LogP contribution in [0.1, 0.15) is 22.3 Å². The zero-order valence-corrected chi connectivity index (χ0v) is 14.9. The Morgan fingerprint density at radius 1 is 1.21 bits per heavy atom. The van der Waals surface area contributed by atoms with E-state index in [2.05, 4.69) is 11.9 Å². The number of methoxy groups -OCH3 is 2. The Morgan fingerprint density at radius 3 is 2.62 bits per heavy atom. The van der Waals surface area contributed by atoms with Crippen molar-refractivity contribution in [3.8, 4) is 11.5 Å². The maximum absolute atomic E-state index is 13.0. The van der Waals surface area contributed by atoms with Gasteiger partial charge in [0, 0.05) is 25.2 Å². The van der Waals surface area contributed by atoms with Crippen molar-refractivity contribution in [1.29, 1.82) is 0 Å². The van der Waals surface area contributed by atoms with Crippen LogP contribution in [0.15, 0.2) is 12.1 Å². The van der Waals surface area contributed by atoms with Crippen molar-refractivity contribution in [2.24, 2.45) is 0 Å². The summed E-state index contributed by atoms with van der Waals surface area (Å²) in [6.07, 6.45) is 1.12. The molecule has 132 valence electrons. The molecule has 2 aliphatic rings. The van der Waals surface area contributed by atoms with Gasteiger partial charge >= 0.3 is 0 Å². The predicted octanol–water partition coefficient (Wildman–Crippen LogP) is 1.56. The van der Waals surface area contributed by atoms with Gasteiger partial charge in [-0.25, -0.2) is 0 Å². The van der Waals surface area contributed by atoms with Crippen LogP contribution in [0.3, 0.4) is 0 Å². The molecule has 24 heavy (non-hydrogen) atoms. The maximum atomic E-state index is 13.0. The zero-order chi connectivity index (χ0) is 17.3. The van der Waals surface area contributed by atoms with Gasteiger partial charge in [-0.2, -0.15) is 0 Å². The van der Waals surface area contributed by atoms with E-state index < -0.39 is 0 Å². The molecule has 0 aromatic heterocycles. The minimum Gasteiger partial charge on any atom is -0.493 e. The zero-order valence-electron chi connectivity index (χ0n) is 14.9. The van der Waals surface area contributed by atoms with Crippen LogP contribution in [0.4, 0.5) is 0 Å². The van der Waals surface area contributed by atoms with Crippen molar-refractivity contribution in [1.82, 2.24) is 9.80 Å². The number of benzene rings is 1. The molecule has 0 radical (unpaired) electrons. The average Bonchev–Trinajstić information content (AvgIpc) is 2.61. The van der Waals surface area contributed by atoms with Gasteiger partial charge in [0.15, 0.2) is 11.5 Å². The molecule has 0 spiro atoms. The van der Waals surface area contributed by atoms with E-state index in [1.165, 1.54) is 0 Å². The summed E-state index contributed by atoms with van der Waals surface area (Å²) >= 11 is 0. The number of aryl methyl sites for hydroxylation is 1. The fourth-order valence-corrected chi connectivity index (χ4v) is 3.61. The monoisotopic (exact) mass is 334 g/mol. The van der Waals surface area contributed by atoms with Crippen LogP contribution >= 0.6 is 0 Å². The summed E-state index contributed by atoms with van der Waals surface area (Å²) in [5.74, 6) is 1.27. The van der Waals surface area contributed by atoms with E-state index in [4.69, 9.17) is 14.2 Å². The molecule has 3 rings (SSSR count). The van der Waals surface area contributed by atoms with Crippen LogP contribution in [-0.2, 0) is 4.74 Å². The molecule has 0 N–H and O–H groups in total. The van der Waals surface area contributed by atoms with Crippen molar-refractivity contribution in [2.45, 2.75) is 25.5 Å². The van der Waals surface area contributed by atoms with Crippen LogP contribution in [0.25, 0.3) is 0 Å². The second kappa shape index (κ2) is 6.99. The molecule has 2 fully saturated rings. The number of nitrogens with zero attached hydrogens (tertiary/aromatic N) is 2. The van der Waals surface area contributed by atoms with Gasteiger partial charge in [-0.3, -0.25) is 9.69 Å². The van der Waals surface area contributed by atoms with E-state index in [1.54, 1.807) is 20.3 Å². The number of morpholine rings is 1. The van der Waals surface area contributed by atoms with Gasteiger partial charge in [-0.1, -0.05) is 0 Å². The molecule has 2 aliphatic heterocycles. The second-order valence-corrected chi connectivity index (χ2v) is 6.52. The van der Waals surface area contributed by atoms with E-state index in [-0.39, 0.29) is 18.1 Å². The molecule has 1 aromatic carbocycles.